The largest absolute Gasteiger partial charge is 0.495 e. The van der Waals surface area contributed by atoms with Gasteiger partial charge in [-0.05, 0) is 31.2 Å². The van der Waals surface area contributed by atoms with E-state index in [2.05, 4.69) is 10.0 Å². The smallest absolute Gasteiger partial charge is 0.241 e. The predicted octanol–water partition coefficient (Wildman–Crippen LogP) is 2.29. The summed E-state index contributed by atoms with van der Waals surface area (Å²) in [6.07, 6.45) is 1.48. The molecule has 2 N–H and O–H groups in total. The van der Waals surface area contributed by atoms with Crippen LogP contribution in [0.25, 0.3) is 0 Å². The van der Waals surface area contributed by atoms with Crippen LogP contribution in [-0.2, 0) is 14.8 Å². The molecule has 1 aromatic heterocycles. The number of carbonyl (C=O) groups is 1. The fourth-order valence-corrected chi connectivity index (χ4v) is 3.26. The Labute approximate surface area is 134 Å². The SMILES string of the molecule is COc1cc(S(=O)(=O)N[C@@H](C)c2ccco2)ccc1NC(C)=O. The van der Waals surface area contributed by atoms with Crippen LogP contribution in [0.5, 0.6) is 5.75 Å². The van der Waals surface area contributed by atoms with Crippen LogP contribution in [0.1, 0.15) is 25.6 Å². The fraction of sp³-hybridized carbons (Fsp3) is 0.267. The highest BCUT2D eigenvalue weighted by Gasteiger charge is 2.21. The van der Waals surface area contributed by atoms with E-state index in [0.717, 1.165) is 0 Å². The number of hydrogen-bond donors (Lipinski definition) is 2. The molecule has 0 saturated carbocycles. The van der Waals surface area contributed by atoms with Gasteiger partial charge in [0.2, 0.25) is 15.9 Å². The van der Waals surface area contributed by atoms with Gasteiger partial charge in [-0.15, -0.1) is 0 Å². The lowest BCUT2D eigenvalue weighted by molar-refractivity contribution is -0.114. The summed E-state index contributed by atoms with van der Waals surface area (Å²) in [7, 11) is -2.37. The molecule has 0 radical (unpaired) electrons. The highest BCUT2D eigenvalue weighted by atomic mass is 32.2. The number of anilines is 1. The Hall–Kier alpha value is -2.32. The first kappa shape index (κ1) is 17.0. The molecular weight excluding hydrogens is 320 g/mol. The number of ether oxygens (including phenoxy) is 1. The maximum absolute atomic E-state index is 12.4. The Balaban J connectivity index is 2.27. The van der Waals surface area contributed by atoms with Crippen molar-refractivity contribution in [2.24, 2.45) is 0 Å². The second-order valence-electron chi connectivity index (χ2n) is 4.90. The van der Waals surface area contributed by atoms with E-state index in [-0.39, 0.29) is 16.6 Å². The number of hydrogen-bond acceptors (Lipinski definition) is 5. The second kappa shape index (κ2) is 6.84. The molecule has 1 amide bonds. The van der Waals surface area contributed by atoms with Crippen molar-refractivity contribution in [2.45, 2.75) is 24.8 Å². The zero-order valence-electron chi connectivity index (χ0n) is 13.0. The fourth-order valence-electron chi connectivity index (χ4n) is 2.03. The Bertz CT molecular complexity index is 784. The van der Waals surface area contributed by atoms with Crippen LogP contribution in [0.15, 0.2) is 45.9 Å². The molecule has 2 aromatic rings. The summed E-state index contributed by atoms with van der Waals surface area (Å²) in [6.45, 7) is 3.04. The number of rotatable bonds is 6. The molecule has 0 aliphatic carbocycles. The van der Waals surface area contributed by atoms with Crippen molar-refractivity contribution >= 4 is 21.6 Å². The molecule has 1 aromatic carbocycles. The Morgan fingerprint density at radius 2 is 2.04 bits per heavy atom. The van der Waals surface area contributed by atoms with Gasteiger partial charge in [0.05, 0.1) is 30.0 Å². The number of amides is 1. The van der Waals surface area contributed by atoms with Gasteiger partial charge in [-0.1, -0.05) is 0 Å². The normalized spacial score (nSPS) is 12.7. The van der Waals surface area contributed by atoms with Crippen molar-refractivity contribution in [3.63, 3.8) is 0 Å². The zero-order chi connectivity index (χ0) is 17.0. The van der Waals surface area contributed by atoms with Gasteiger partial charge in [-0.2, -0.15) is 0 Å². The Morgan fingerprint density at radius 3 is 2.61 bits per heavy atom. The van der Waals surface area contributed by atoms with Crippen molar-refractivity contribution < 1.29 is 22.4 Å². The monoisotopic (exact) mass is 338 g/mol. The summed E-state index contributed by atoms with van der Waals surface area (Å²) >= 11 is 0. The molecule has 8 heteroatoms. The van der Waals surface area contributed by atoms with Gasteiger partial charge in [0.15, 0.2) is 0 Å². The molecule has 0 bridgehead atoms. The maximum Gasteiger partial charge on any atom is 0.241 e. The number of benzene rings is 1. The number of carbonyl (C=O) groups excluding carboxylic acids is 1. The van der Waals surface area contributed by atoms with E-state index in [4.69, 9.17) is 9.15 Å². The van der Waals surface area contributed by atoms with Crippen LogP contribution in [0, 0.1) is 0 Å². The van der Waals surface area contributed by atoms with Gasteiger partial charge < -0.3 is 14.5 Å². The van der Waals surface area contributed by atoms with Gasteiger partial charge in [-0.25, -0.2) is 13.1 Å². The molecule has 0 aliphatic rings. The van der Waals surface area contributed by atoms with Gasteiger partial charge in [0.1, 0.15) is 11.5 Å². The maximum atomic E-state index is 12.4. The number of sulfonamides is 1. The van der Waals surface area contributed by atoms with Crippen molar-refractivity contribution in [2.75, 3.05) is 12.4 Å². The minimum Gasteiger partial charge on any atom is -0.495 e. The van der Waals surface area contributed by atoms with Crippen LogP contribution in [0.3, 0.4) is 0 Å². The lowest BCUT2D eigenvalue weighted by Crippen LogP contribution is -2.26. The van der Waals surface area contributed by atoms with E-state index in [9.17, 15) is 13.2 Å². The molecule has 7 nitrogen and oxygen atoms in total. The van der Waals surface area contributed by atoms with E-state index >= 15 is 0 Å². The van der Waals surface area contributed by atoms with Crippen molar-refractivity contribution in [1.29, 1.82) is 0 Å². The zero-order valence-corrected chi connectivity index (χ0v) is 13.8. The molecule has 1 atom stereocenters. The molecule has 0 aliphatic heterocycles. The Morgan fingerprint density at radius 1 is 1.30 bits per heavy atom. The van der Waals surface area contributed by atoms with Gasteiger partial charge in [0, 0.05) is 13.0 Å². The van der Waals surface area contributed by atoms with E-state index in [1.807, 2.05) is 0 Å². The van der Waals surface area contributed by atoms with Gasteiger partial charge >= 0.3 is 0 Å². The van der Waals surface area contributed by atoms with Gasteiger partial charge in [-0.3, -0.25) is 4.79 Å². The standard InChI is InChI=1S/C15H18N2O5S/c1-10(14-5-4-8-22-14)17-23(19,20)12-6-7-13(16-11(2)18)15(9-12)21-3/h4-10,17H,1-3H3,(H,16,18)/t10-/m0/s1. The molecule has 124 valence electrons. The lowest BCUT2D eigenvalue weighted by Gasteiger charge is -2.14. The number of methoxy groups -OCH3 is 1. The average Bonchev–Trinajstić information content (AvgIpc) is 3.00. The first-order valence-corrected chi connectivity index (χ1v) is 8.33. The third-order valence-corrected chi connectivity index (χ3v) is 4.63. The van der Waals surface area contributed by atoms with Gasteiger partial charge in [0.25, 0.3) is 0 Å². The average molecular weight is 338 g/mol. The number of furan rings is 1. The lowest BCUT2D eigenvalue weighted by atomic mass is 10.3. The minimum absolute atomic E-state index is 0.0295. The summed E-state index contributed by atoms with van der Waals surface area (Å²) in [4.78, 5) is 11.2. The van der Waals surface area contributed by atoms with Crippen molar-refractivity contribution in [1.82, 2.24) is 4.72 Å². The highest BCUT2D eigenvalue weighted by molar-refractivity contribution is 7.89. The van der Waals surface area contributed by atoms with Crippen LogP contribution in [-0.4, -0.2) is 21.4 Å². The molecule has 2 rings (SSSR count). The van der Waals surface area contributed by atoms with E-state index in [1.165, 1.54) is 38.5 Å². The van der Waals surface area contributed by atoms with Crippen molar-refractivity contribution in [3.05, 3.63) is 42.4 Å². The topological polar surface area (TPSA) is 97.6 Å². The summed E-state index contributed by atoms with van der Waals surface area (Å²) in [5.41, 5.74) is 0.401. The van der Waals surface area contributed by atoms with E-state index in [0.29, 0.717) is 11.4 Å². The summed E-state index contributed by atoms with van der Waals surface area (Å²) in [5.74, 6) is 0.493. The number of nitrogens with one attached hydrogen (secondary N) is 2. The molecule has 0 fully saturated rings. The Kier molecular flexibility index (Phi) is 5.07. The van der Waals surface area contributed by atoms with E-state index < -0.39 is 16.1 Å². The first-order chi connectivity index (χ1) is 10.8. The molecule has 23 heavy (non-hydrogen) atoms. The summed E-state index contributed by atoms with van der Waals surface area (Å²) in [5, 5.41) is 2.57. The molecule has 0 spiro atoms. The van der Waals surface area contributed by atoms with Crippen LogP contribution in [0.2, 0.25) is 0 Å². The minimum atomic E-state index is -3.77. The van der Waals surface area contributed by atoms with Crippen LogP contribution >= 0.6 is 0 Å². The summed E-state index contributed by atoms with van der Waals surface area (Å²) < 4.78 is 37.7. The van der Waals surface area contributed by atoms with E-state index in [1.54, 1.807) is 19.1 Å². The van der Waals surface area contributed by atoms with Crippen LogP contribution in [0.4, 0.5) is 5.69 Å². The molecule has 1 heterocycles. The quantitative estimate of drug-likeness (QED) is 0.842. The molecule has 0 saturated heterocycles. The second-order valence-corrected chi connectivity index (χ2v) is 6.62. The van der Waals surface area contributed by atoms with Crippen LogP contribution < -0.4 is 14.8 Å². The third kappa shape index (κ3) is 4.11. The molecule has 0 unspecified atom stereocenters. The molecular formula is C15H18N2O5S. The first-order valence-electron chi connectivity index (χ1n) is 6.85. The highest BCUT2D eigenvalue weighted by Crippen LogP contribution is 2.28. The predicted molar refractivity (Wildman–Crippen MR) is 84.7 cm³/mol. The third-order valence-electron chi connectivity index (χ3n) is 3.10. The van der Waals surface area contributed by atoms with Crippen molar-refractivity contribution in [3.8, 4) is 5.75 Å². The summed E-state index contributed by atoms with van der Waals surface area (Å²) in [6, 6.07) is 7.08.